The molecule has 2 heterocycles. The van der Waals surface area contributed by atoms with E-state index in [1.807, 2.05) is 39.0 Å². The van der Waals surface area contributed by atoms with Gasteiger partial charge in [0.15, 0.2) is 0 Å². The standard InChI is InChI=1S/C14H21N3O2/c1-14(2,3)16-13(18)19-11-7-9-17(10-11)12-6-4-5-8-15-12/h4-6,8,11H,7,9-10H2,1-3H3,(H,16,18). The molecule has 1 atom stereocenters. The van der Waals surface area contributed by atoms with Gasteiger partial charge in [0.2, 0.25) is 0 Å². The van der Waals surface area contributed by atoms with Crippen molar-refractivity contribution in [3.8, 4) is 0 Å². The Balaban J connectivity index is 1.84. The molecule has 0 spiro atoms. The molecule has 0 aromatic carbocycles. The van der Waals surface area contributed by atoms with E-state index in [0.717, 1.165) is 18.8 Å². The second-order valence-electron chi connectivity index (χ2n) is 5.82. The predicted molar refractivity (Wildman–Crippen MR) is 74.2 cm³/mol. The van der Waals surface area contributed by atoms with Crippen molar-refractivity contribution in [2.24, 2.45) is 0 Å². The number of hydrogen-bond donors (Lipinski definition) is 1. The van der Waals surface area contributed by atoms with Crippen molar-refractivity contribution in [2.45, 2.75) is 38.8 Å². The van der Waals surface area contributed by atoms with Gasteiger partial charge in [-0.05, 0) is 32.9 Å². The Morgan fingerprint density at radius 3 is 2.89 bits per heavy atom. The monoisotopic (exact) mass is 263 g/mol. The SMILES string of the molecule is CC(C)(C)NC(=O)OC1CCN(c2ccccn2)C1. The molecule has 1 saturated heterocycles. The molecule has 0 radical (unpaired) electrons. The van der Waals surface area contributed by atoms with E-state index in [2.05, 4.69) is 15.2 Å². The third kappa shape index (κ3) is 4.12. The number of hydrogen-bond acceptors (Lipinski definition) is 4. The molecule has 1 fully saturated rings. The summed E-state index contributed by atoms with van der Waals surface area (Å²) >= 11 is 0. The van der Waals surface area contributed by atoms with Crippen LogP contribution in [0.3, 0.4) is 0 Å². The Kier molecular flexibility index (Phi) is 3.93. The van der Waals surface area contributed by atoms with Crippen molar-refractivity contribution in [1.29, 1.82) is 0 Å². The Morgan fingerprint density at radius 2 is 2.26 bits per heavy atom. The van der Waals surface area contributed by atoms with Gasteiger partial charge in [0.05, 0.1) is 6.54 Å². The fraction of sp³-hybridized carbons (Fsp3) is 0.571. The zero-order valence-electron chi connectivity index (χ0n) is 11.7. The molecule has 1 N–H and O–H groups in total. The van der Waals surface area contributed by atoms with E-state index in [4.69, 9.17) is 4.74 Å². The van der Waals surface area contributed by atoms with Gasteiger partial charge in [0.1, 0.15) is 11.9 Å². The maximum atomic E-state index is 11.7. The van der Waals surface area contributed by atoms with Gasteiger partial charge in [-0.25, -0.2) is 9.78 Å². The number of rotatable bonds is 2. The highest BCUT2D eigenvalue weighted by Gasteiger charge is 2.27. The smallest absolute Gasteiger partial charge is 0.407 e. The van der Waals surface area contributed by atoms with Crippen LogP contribution in [0, 0.1) is 0 Å². The number of amides is 1. The number of nitrogens with zero attached hydrogens (tertiary/aromatic N) is 2. The van der Waals surface area contributed by atoms with Gasteiger partial charge in [-0.15, -0.1) is 0 Å². The molecule has 5 heteroatoms. The average Bonchev–Trinajstić information content (AvgIpc) is 2.76. The first-order valence-electron chi connectivity index (χ1n) is 6.59. The molecule has 2 rings (SSSR count). The molecule has 19 heavy (non-hydrogen) atoms. The first-order chi connectivity index (χ1) is 8.94. The topological polar surface area (TPSA) is 54.5 Å². The summed E-state index contributed by atoms with van der Waals surface area (Å²) in [7, 11) is 0. The van der Waals surface area contributed by atoms with Crippen LogP contribution in [0.5, 0.6) is 0 Å². The highest BCUT2D eigenvalue weighted by molar-refractivity contribution is 5.68. The zero-order chi connectivity index (χ0) is 13.9. The van der Waals surface area contributed by atoms with Gasteiger partial charge in [-0.1, -0.05) is 6.07 Å². The summed E-state index contributed by atoms with van der Waals surface area (Å²) in [6.45, 7) is 7.37. The van der Waals surface area contributed by atoms with E-state index in [1.54, 1.807) is 6.20 Å². The summed E-state index contributed by atoms with van der Waals surface area (Å²) in [4.78, 5) is 18.1. The molecule has 0 bridgehead atoms. The summed E-state index contributed by atoms with van der Waals surface area (Å²) in [5.74, 6) is 0.935. The number of aromatic nitrogens is 1. The first kappa shape index (κ1) is 13.6. The minimum Gasteiger partial charge on any atom is -0.444 e. The normalized spacial score (nSPS) is 19.3. The lowest BCUT2D eigenvalue weighted by molar-refractivity contribution is 0.101. The van der Waals surface area contributed by atoms with E-state index in [1.165, 1.54) is 0 Å². The van der Waals surface area contributed by atoms with Crippen molar-refractivity contribution >= 4 is 11.9 Å². The second-order valence-corrected chi connectivity index (χ2v) is 5.82. The number of alkyl carbamates (subject to hydrolysis) is 1. The van der Waals surface area contributed by atoms with Crippen LogP contribution in [-0.2, 0) is 4.74 Å². The van der Waals surface area contributed by atoms with Crippen molar-refractivity contribution in [3.63, 3.8) is 0 Å². The summed E-state index contributed by atoms with van der Waals surface area (Å²) in [6.07, 6.45) is 2.20. The van der Waals surface area contributed by atoms with Crippen LogP contribution in [0.25, 0.3) is 0 Å². The number of nitrogens with one attached hydrogen (secondary N) is 1. The van der Waals surface area contributed by atoms with Crippen molar-refractivity contribution < 1.29 is 9.53 Å². The van der Waals surface area contributed by atoms with Crippen LogP contribution in [0.15, 0.2) is 24.4 Å². The minimum absolute atomic E-state index is 0.0654. The van der Waals surface area contributed by atoms with Crippen LogP contribution >= 0.6 is 0 Å². The summed E-state index contributed by atoms with van der Waals surface area (Å²) in [5.41, 5.74) is -0.267. The lowest BCUT2D eigenvalue weighted by Crippen LogP contribution is -2.42. The third-order valence-electron chi connectivity index (χ3n) is 2.87. The third-order valence-corrected chi connectivity index (χ3v) is 2.87. The quantitative estimate of drug-likeness (QED) is 0.888. The zero-order valence-corrected chi connectivity index (χ0v) is 11.7. The second kappa shape index (κ2) is 5.47. The Hall–Kier alpha value is -1.78. The molecule has 104 valence electrons. The highest BCUT2D eigenvalue weighted by atomic mass is 16.6. The predicted octanol–water partition coefficient (Wildman–Crippen LogP) is 2.19. The Labute approximate surface area is 114 Å². The van der Waals surface area contributed by atoms with Crippen LogP contribution in [-0.4, -0.2) is 35.8 Å². The lowest BCUT2D eigenvalue weighted by atomic mass is 10.1. The average molecular weight is 263 g/mol. The minimum atomic E-state index is -0.347. The van der Waals surface area contributed by atoms with Crippen LogP contribution in [0.4, 0.5) is 10.6 Å². The number of anilines is 1. The Morgan fingerprint density at radius 1 is 1.47 bits per heavy atom. The van der Waals surface area contributed by atoms with Gasteiger partial charge in [-0.3, -0.25) is 0 Å². The lowest BCUT2D eigenvalue weighted by Gasteiger charge is -2.22. The molecule has 1 aliphatic heterocycles. The van der Waals surface area contributed by atoms with Gasteiger partial charge in [0.25, 0.3) is 0 Å². The highest BCUT2D eigenvalue weighted by Crippen LogP contribution is 2.19. The molecular formula is C14H21N3O2. The van der Waals surface area contributed by atoms with Crippen molar-refractivity contribution in [1.82, 2.24) is 10.3 Å². The molecule has 1 unspecified atom stereocenters. The van der Waals surface area contributed by atoms with Crippen LogP contribution in [0.2, 0.25) is 0 Å². The van der Waals surface area contributed by atoms with E-state index in [9.17, 15) is 4.79 Å². The molecule has 1 amide bonds. The number of carbonyl (C=O) groups is 1. The first-order valence-corrected chi connectivity index (χ1v) is 6.59. The molecule has 0 saturated carbocycles. The Bertz CT molecular complexity index is 428. The van der Waals surface area contributed by atoms with E-state index in [-0.39, 0.29) is 17.7 Å². The van der Waals surface area contributed by atoms with Crippen LogP contribution in [0.1, 0.15) is 27.2 Å². The van der Waals surface area contributed by atoms with E-state index < -0.39 is 0 Å². The summed E-state index contributed by atoms with van der Waals surface area (Å²) in [5, 5.41) is 2.81. The molecule has 1 aromatic rings. The van der Waals surface area contributed by atoms with Crippen molar-refractivity contribution in [3.05, 3.63) is 24.4 Å². The molecule has 1 aromatic heterocycles. The maximum absolute atomic E-state index is 11.7. The largest absolute Gasteiger partial charge is 0.444 e. The maximum Gasteiger partial charge on any atom is 0.407 e. The van der Waals surface area contributed by atoms with E-state index >= 15 is 0 Å². The summed E-state index contributed by atoms with van der Waals surface area (Å²) in [6, 6.07) is 5.82. The van der Waals surface area contributed by atoms with Gasteiger partial charge in [-0.2, -0.15) is 0 Å². The molecule has 5 nitrogen and oxygen atoms in total. The number of ether oxygens (including phenoxy) is 1. The fourth-order valence-corrected chi connectivity index (χ4v) is 2.06. The summed E-state index contributed by atoms with van der Waals surface area (Å²) < 4.78 is 5.42. The van der Waals surface area contributed by atoms with E-state index in [0.29, 0.717) is 6.54 Å². The molecular weight excluding hydrogens is 242 g/mol. The fourth-order valence-electron chi connectivity index (χ4n) is 2.06. The van der Waals surface area contributed by atoms with Crippen LogP contribution < -0.4 is 10.2 Å². The van der Waals surface area contributed by atoms with Crippen molar-refractivity contribution in [2.75, 3.05) is 18.0 Å². The number of carbonyl (C=O) groups excluding carboxylic acids is 1. The molecule has 1 aliphatic rings. The number of pyridine rings is 1. The van der Waals surface area contributed by atoms with Gasteiger partial charge in [0, 0.05) is 24.7 Å². The molecule has 0 aliphatic carbocycles. The van der Waals surface area contributed by atoms with Gasteiger partial charge >= 0.3 is 6.09 Å². The van der Waals surface area contributed by atoms with Gasteiger partial charge < -0.3 is 15.0 Å².